The van der Waals surface area contributed by atoms with Crippen molar-refractivity contribution in [3.8, 4) is 0 Å². The molecule has 1 aliphatic heterocycles. The molecular formula is C24H31N3O2. The van der Waals surface area contributed by atoms with Crippen LogP contribution < -0.4 is 10.2 Å². The van der Waals surface area contributed by atoms with Gasteiger partial charge in [0.2, 0.25) is 5.91 Å². The average Bonchev–Trinajstić information content (AvgIpc) is 2.71. The van der Waals surface area contributed by atoms with Crippen LogP contribution in [0.15, 0.2) is 48.5 Å². The second-order valence-corrected chi connectivity index (χ2v) is 7.90. The van der Waals surface area contributed by atoms with Crippen LogP contribution >= 0.6 is 0 Å². The van der Waals surface area contributed by atoms with Gasteiger partial charge in [-0.05, 0) is 49.9 Å². The van der Waals surface area contributed by atoms with Crippen molar-refractivity contribution in [2.45, 2.75) is 33.2 Å². The number of hydrogen-bond acceptors (Lipinski definition) is 4. The molecule has 3 rings (SSSR count). The van der Waals surface area contributed by atoms with Crippen molar-refractivity contribution < 1.29 is 9.59 Å². The summed E-state index contributed by atoms with van der Waals surface area (Å²) < 4.78 is 0. The third-order valence-electron chi connectivity index (χ3n) is 5.76. The van der Waals surface area contributed by atoms with Crippen molar-refractivity contribution in [2.24, 2.45) is 0 Å². The highest BCUT2D eigenvalue weighted by atomic mass is 16.2. The molecule has 1 saturated heterocycles. The molecule has 1 aliphatic rings. The number of carbonyl (C=O) groups excluding carboxylic acids is 2. The molecule has 0 aliphatic carbocycles. The number of nitrogens with one attached hydrogen (secondary N) is 1. The van der Waals surface area contributed by atoms with Crippen molar-refractivity contribution in [3.05, 3.63) is 65.2 Å². The van der Waals surface area contributed by atoms with Gasteiger partial charge < -0.3 is 10.2 Å². The first-order chi connectivity index (χ1) is 13.9. The molecule has 2 aromatic rings. The second-order valence-electron chi connectivity index (χ2n) is 7.90. The number of rotatable bonds is 7. The standard InChI is InChI=1S/C24H31N3O2/c1-18-8-7-11-23(19(18)2)27-14-12-26(13-15-27)17-24(29)25-22(20(3)28)16-21-9-5-4-6-10-21/h4-11,22H,12-17H2,1-3H3,(H,25,29). The van der Waals surface area contributed by atoms with Crippen molar-refractivity contribution in [1.82, 2.24) is 10.2 Å². The maximum Gasteiger partial charge on any atom is 0.234 e. The zero-order valence-electron chi connectivity index (χ0n) is 17.6. The summed E-state index contributed by atoms with van der Waals surface area (Å²) >= 11 is 0. The predicted octanol–water partition coefficient (Wildman–Crippen LogP) is 2.74. The lowest BCUT2D eigenvalue weighted by molar-refractivity contribution is -0.127. The van der Waals surface area contributed by atoms with Crippen LogP contribution in [-0.4, -0.2) is 55.4 Å². The van der Waals surface area contributed by atoms with Gasteiger partial charge in [0.25, 0.3) is 0 Å². The summed E-state index contributed by atoms with van der Waals surface area (Å²) in [5, 5.41) is 2.93. The molecule has 0 radical (unpaired) electrons. The Morgan fingerprint density at radius 1 is 0.966 bits per heavy atom. The van der Waals surface area contributed by atoms with E-state index in [-0.39, 0.29) is 11.7 Å². The van der Waals surface area contributed by atoms with Gasteiger partial charge in [0, 0.05) is 31.9 Å². The quantitative estimate of drug-likeness (QED) is 0.786. The van der Waals surface area contributed by atoms with E-state index in [1.165, 1.54) is 23.7 Å². The largest absolute Gasteiger partial charge is 0.369 e. The van der Waals surface area contributed by atoms with Crippen LogP contribution in [-0.2, 0) is 16.0 Å². The lowest BCUT2D eigenvalue weighted by Crippen LogP contribution is -2.51. The monoisotopic (exact) mass is 393 g/mol. The van der Waals surface area contributed by atoms with Gasteiger partial charge in [-0.15, -0.1) is 0 Å². The molecule has 0 aromatic heterocycles. The lowest BCUT2D eigenvalue weighted by Gasteiger charge is -2.36. The zero-order chi connectivity index (χ0) is 20.8. The fourth-order valence-corrected chi connectivity index (χ4v) is 3.81. The molecule has 1 amide bonds. The van der Waals surface area contributed by atoms with E-state index >= 15 is 0 Å². The molecule has 29 heavy (non-hydrogen) atoms. The summed E-state index contributed by atoms with van der Waals surface area (Å²) in [6.07, 6.45) is 0.530. The summed E-state index contributed by atoms with van der Waals surface area (Å²) in [4.78, 5) is 29.1. The van der Waals surface area contributed by atoms with E-state index in [9.17, 15) is 9.59 Å². The SMILES string of the molecule is CC(=O)C(Cc1ccccc1)NC(=O)CN1CCN(c2cccc(C)c2C)CC1. The highest BCUT2D eigenvalue weighted by Crippen LogP contribution is 2.23. The summed E-state index contributed by atoms with van der Waals surface area (Å²) in [5.74, 6) is -0.0942. The van der Waals surface area contributed by atoms with Gasteiger partial charge in [0.1, 0.15) is 0 Å². The zero-order valence-corrected chi connectivity index (χ0v) is 17.6. The first-order valence-electron chi connectivity index (χ1n) is 10.3. The number of anilines is 1. The smallest absolute Gasteiger partial charge is 0.234 e. The van der Waals surface area contributed by atoms with E-state index in [1.54, 1.807) is 0 Å². The average molecular weight is 394 g/mol. The number of Topliss-reactive ketones (excluding diaryl/α,β-unsaturated/α-hetero) is 1. The fourth-order valence-electron chi connectivity index (χ4n) is 3.81. The third kappa shape index (κ3) is 5.67. The molecule has 1 heterocycles. The van der Waals surface area contributed by atoms with Crippen LogP contribution in [0.5, 0.6) is 0 Å². The Balaban J connectivity index is 1.51. The maximum atomic E-state index is 12.5. The number of amides is 1. The number of hydrogen-bond donors (Lipinski definition) is 1. The van der Waals surface area contributed by atoms with E-state index in [4.69, 9.17) is 0 Å². The van der Waals surface area contributed by atoms with E-state index < -0.39 is 6.04 Å². The van der Waals surface area contributed by atoms with E-state index in [0.29, 0.717) is 13.0 Å². The van der Waals surface area contributed by atoms with Gasteiger partial charge in [-0.2, -0.15) is 0 Å². The molecule has 1 atom stereocenters. The van der Waals surface area contributed by atoms with E-state index in [1.807, 2.05) is 30.3 Å². The van der Waals surface area contributed by atoms with Crippen molar-refractivity contribution in [3.63, 3.8) is 0 Å². The second kappa shape index (κ2) is 9.70. The lowest BCUT2D eigenvalue weighted by atomic mass is 10.0. The van der Waals surface area contributed by atoms with Gasteiger partial charge in [-0.3, -0.25) is 14.5 Å². The number of nitrogens with zero attached hydrogens (tertiary/aromatic N) is 2. The minimum absolute atomic E-state index is 0.0121. The van der Waals surface area contributed by atoms with Gasteiger partial charge in [-0.25, -0.2) is 0 Å². The Kier molecular flexibility index (Phi) is 7.04. The molecule has 2 aromatic carbocycles. The third-order valence-corrected chi connectivity index (χ3v) is 5.76. The summed E-state index contributed by atoms with van der Waals surface area (Å²) in [6.45, 7) is 9.65. The molecule has 154 valence electrons. The number of carbonyl (C=O) groups is 2. The Labute approximate surface area is 173 Å². The van der Waals surface area contributed by atoms with Gasteiger partial charge >= 0.3 is 0 Å². The van der Waals surface area contributed by atoms with Crippen LogP contribution in [0, 0.1) is 13.8 Å². The first-order valence-corrected chi connectivity index (χ1v) is 10.3. The molecule has 5 nitrogen and oxygen atoms in total. The van der Waals surface area contributed by atoms with Gasteiger partial charge in [0.15, 0.2) is 5.78 Å². The van der Waals surface area contributed by atoms with Crippen LogP contribution in [0.1, 0.15) is 23.6 Å². The molecule has 5 heteroatoms. The minimum Gasteiger partial charge on any atom is -0.369 e. The molecule has 0 saturated carbocycles. The fraction of sp³-hybridized carbons (Fsp3) is 0.417. The number of benzene rings is 2. The highest BCUT2D eigenvalue weighted by Gasteiger charge is 2.23. The van der Waals surface area contributed by atoms with Crippen LogP contribution in [0.4, 0.5) is 5.69 Å². The van der Waals surface area contributed by atoms with Gasteiger partial charge in [0.05, 0.1) is 12.6 Å². The molecule has 1 N–H and O–H groups in total. The summed E-state index contributed by atoms with van der Waals surface area (Å²) in [5.41, 5.74) is 4.96. The maximum absolute atomic E-state index is 12.5. The van der Waals surface area contributed by atoms with E-state index in [0.717, 1.165) is 31.7 Å². The van der Waals surface area contributed by atoms with E-state index in [2.05, 4.69) is 47.2 Å². The molecule has 1 fully saturated rings. The topological polar surface area (TPSA) is 52.7 Å². The number of aryl methyl sites for hydroxylation is 1. The first kappa shape index (κ1) is 21.1. The molecule has 0 spiro atoms. The molecular weight excluding hydrogens is 362 g/mol. The minimum atomic E-state index is -0.471. The Morgan fingerprint density at radius 3 is 2.31 bits per heavy atom. The number of ketones is 1. The highest BCUT2D eigenvalue weighted by molar-refractivity contribution is 5.88. The number of piperazine rings is 1. The predicted molar refractivity (Wildman–Crippen MR) is 117 cm³/mol. The Bertz CT molecular complexity index is 842. The molecule has 0 bridgehead atoms. The Hall–Kier alpha value is -2.66. The summed E-state index contributed by atoms with van der Waals surface area (Å²) in [6, 6.07) is 15.7. The van der Waals surface area contributed by atoms with Crippen molar-refractivity contribution in [1.29, 1.82) is 0 Å². The Morgan fingerprint density at radius 2 is 1.66 bits per heavy atom. The summed E-state index contributed by atoms with van der Waals surface area (Å²) in [7, 11) is 0. The van der Waals surface area contributed by atoms with Crippen molar-refractivity contribution >= 4 is 17.4 Å². The van der Waals surface area contributed by atoms with Gasteiger partial charge in [-0.1, -0.05) is 42.5 Å². The normalized spacial score (nSPS) is 15.8. The van der Waals surface area contributed by atoms with Crippen molar-refractivity contribution in [2.75, 3.05) is 37.6 Å². The van der Waals surface area contributed by atoms with Crippen LogP contribution in [0.3, 0.4) is 0 Å². The van der Waals surface area contributed by atoms with Crippen LogP contribution in [0.2, 0.25) is 0 Å². The molecule has 1 unspecified atom stereocenters. The van der Waals surface area contributed by atoms with Crippen LogP contribution in [0.25, 0.3) is 0 Å².